The van der Waals surface area contributed by atoms with Crippen molar-refractivity contribution >= 4 is 18.3 Å². The van der Waals surface area contributed by atoms with Gasteiger partial charge in [0.2, 0.25) is 0 Å². The number of halogens is 2. The van der Waals surface area contributed by atoms with Crippen LogP contribution in [-0.4, -0.2) is 29.9 Å². The third-order valence-electron chi connectivity index (χ3n) is 3.52. The van der Waals surface area contributed by atoms with Crippen LogP contribution in [0.15, 0.2) is 18.2 Å². The van der Waals surface area contributed by atoms with Crippen LogP contribution in [0, 0.1) is 12.7 Å². The van der Waals surface area contributed by atoms with Crippen molar-refractivity contribution in [3.05, 3.63) is 35.1 Å². The molecule has 1 aliphatic rings. The van der Waals surface area contributed by atoms with E-state index in [2.05, 4.69) is 0 Å². The maximum absolute atomic E-state index is 13.8. The monoisotopic (exact) mass is 286 g/mol. The lowest BCUT2D eigenvalue weighted by Gasteiger charge is -2.35. The van der Waals surface area contributed by atoms with Crippen LogP contribution in [0.25, 0.3) is 0 Å². The first-order chi connectivity index (χ1) is 8.63. The molecule has 0 bridgehead atoms. The number of hydrogen-bond donors (Lipinski definition) is 1. The zero-order valence-electron chi connectivity index (χ0n) is 11.1. The van der Waals surface area contributed by atoms with Crippen molar-refractivity contribution in [2.45, 2.75) is 32.2 Å². The van der Waals surface area contributed by atoms with Gasteiger partial charge in [-0.3, -0.25) is 4.79 Å². The van der Waals surface area contributed by atoms with E-state index in [1.807, 2.05) is 0 Å². The Kier molecular flexibility index (Phi) is 5.76. The first kappa shape index (κ1) is 15.9. The third-order valence-corrected chi connectivity index (χ3v) is 3.52. The highest BCUT2D eigenvalue weighted by molar-refractivity contribution is 5.94. The van der Waals surface area contributed by atoms with Crippen molar-refractivity contribution in [3.63, 3.8) is 0 Å². The standard InChI is InChI=1S/C14H19FN2O.ClH/c1-10-5-6-12(13(15)8-10)14(18)17-7-3-2-4-11(17)9-16;/h5-6,8,11H,2-4,7,9,16H2,1H3;1H. The first-order valence-electron chi connectivity index (χ1n) is 6.40. The summed E-state index contributed by atoms with van der Waals surface area (Å²) in [5.41, 5.74) is 6.66. The van der Waals surface area contributed by atoms with Gasteiger partial charge >= 0.3 is 0 Å². The molecule has 1 heterocycles. The van der Waals surface area contributed by atoms with E-state index < -0.39 is 5.82 Å². The number of aryl methyl sites for hydroxylation is 1. The number of piperidine rings is 1. The Hall–Kier alpha value is -1.13. The van der Waals surface area contributed by atoms with E-state index in [9.17, 15) is 9.18 Å². The van der Waals surface area contributed by atoms with Gasteiger partial charge in [0.1, 0.15) is 5.82 Å². The Morgan fingerprint density at radius 3 is 2.84 bits per heavy atom. The summed E-state index contributed by atoms with van der Waals surface area (Å²) in [6, 6.07) is 4.77. The van der Waals surface area contributed by atoms with Gasteiger partial charge in [-0.15, -0.1) is 12.4 Å². The number of amides is 1. The Morgan fingerprint density at radius 1 is 1.47 bits per heavy atom. The molecule has 1 aromatic rings. The van der Waals surface area contributed by atoms with Gasteiger partial charge in [0.05, 0.1) is 5.56 Å². The molecule has 0 saturated carbocycles. The maximum atomic E-state index is 13.8. The van der Waals surface area contributed by atoms with Gasteiger partial charge in [-0.2, -0.15) is 0 Å². The molecule has 0 spiro atoms. The number of benzene rings is 1. The Labute approximate surface area is 119 Å². The van der Waals surface area contributed by atoms with Crippen molar-refractivity contribution in [1.29, 1.82) is 0 Å². The van der Waals surface area contributed by atoms with E-state index >= 15 is 0 Å². The molecule has 1 atom stereocenters. The summed E-state index contributed by atoms with van der Waals surface area (Å²) in [6.07, 6.45) is 2.97. The molecule has 1 saturated heterocycles. The quantitative estimate of drug-likeness (QED) is 0.908. The topological polar surface area (TPSA) is 46.3 Å². The molecule has 0 aliphatic carbocycles. The second-order valence-electron chi connectivity index (χ2n) is 4.87. The fourth-order valence-electron chi connectivity index (χ4n) is 2.46. The zero-order chi connectivity index (χ0) is 13.1. The average molecular weight is 287 g/mol. The zero-order valence-corrected chi connectivity index (χ0v) is 11.9. The molecular formula is C14H20ClFN2O. The number of rotatable bonds is 2. The largest absolute Gasteiger partial charge is 0.334 e. The highest BCUT2D eigenvalue weighted by Gasteiger charge is 2.27. The molecular weight excluding hydrogens is 267 g/mol. The lowest BCUT2D eigenvalue weighted by molar-refractivity contribution is 0.0618. The molecule has 1 aliphatic heterocycles. The van der Waals surface area contributed by atoms with E-state index in [1.165, 1.54) is 6.07 Å². The van der Waals surface area contributed by atoms with Gasteiger partial charge in [0.15, 0.2) is 0 Å². The summed E-state index contributed by atoms with van der Waals surface area (Å²) in [5.74, 6) is -0.677. The summed E-state index contributed by atoms with van der Waals surface area (Å²) < 4.78 is 13.8. The number of carbonyl (C=O) groups is 1. The minimum absolute atomic E-state index is 0. The first-order valence-corrected chi connectivity index (χ1v) is 6.40. The maximum Gasteiger partial charge on any atom is 0.257 e. The molecule has 2 rings (SSSR count). The van der Waals surface area contributed by atoms with Crippen LogP contribution in [0.1, 0.15) is 35.2 Å². The van der Waals surface area contributed by atoms with Gasteiger partial charge in [0.25, 0.3) is 5.91 Å². The highest BCUT2D eigenvalue weighted by Crippen LogP contribution is 2.20. The molecule has 3 nitrogen and oxygen atoms in total. The molecule has 2 N–H and O–H groups in total. The summed E-state index contributed by atoms with van der Waals surface area (Å²) in [6.45, 7) is 2.92. The number of nitrogens with two attached hydrogens (primary N) is 1. The number of nitrogens with zero attached hydrogens (tertiary/aromatic N) is 1. The van der Waals surface area contributed by atoms with Crippen LogP contribution in [0.3, 0.4) is 0 Å². The summed E-state index contributed by atoms with van der Waals surface area (Å²) in [7, 11) is 0. The molecule has 0 aromatic heterocycles. The lowest BCUT2D eigenvalue weighted by atomic mass is 10.0. The lowest BCUT2D eigenvalue weighted by Crippen LogP contribution is -2.47. The molecule has 5 heteroatoms. The van der Waals surface area contributed by atoms with E-state index in [0.717, 1.165) is 24.8 Å². The summed E-state index contributed by atoms with van der Waals surface area (Å²) >= 11 is 0. The minimum atomic E-state index is -0.443. The number of likely N-dealkylation sites (tertiary alicyclic amines) is 1. The molecule has 1 unspecified atom stereocenters. The van der Waals surface area contributed by atoms with Gasteiger partial charge < -0.3 is 10.6 Å². The Balaban J connectivity index is 0.00000180. The fraction of sp³-hybridized carbons (Fsp3) is 0.500. The molecule has 19 heavy (non-hydrogen) atoms. The SMILES string of the molecule is Cc1ccc(C(=O)N2CCCCC2CN)c(F)c1.Cl. The predicted molar refractivity (Wildman–Crippen MR) is 76.1 cm³/mol. The van der Waals surface area contributed by atoms with Crippen molar-refractivity contribution in [3.8, 4) is 0 Å². The van der Waals surface area contributed by atoms with Crippen LogP contribution in [-0.2, 0) is 0 Å². The van der Waals surface area contributed by atoms with Crippen LogP contribution < -0.4 is 5.73 Å². The van der Waals surface area contributed by atoms with Gasteiger partial charge in [-0.1, -0.05) is 6.07 Å². The highest BCUT2D eigenvalue weighted by atomic mass is 35.5. The van der Waals surface area contributed by atoms with Gasteiger partial charge in [0, 0.05) is 19.1 Å². The van der Waals surface area contributed by atoms with E-state index in [1.54, 1.807) is 24.0 Å². The van der Waals surface area contributed by atoms with Crippen LogP contribution >= 0.6 is 12.4 Å². The Morgan fingerprint density at radius 2 is 2.21 bits per heavy atom. The van der Waals surface area contributed by atoms with Crippen molar-refractivity contribution in [1.82, 2.24) is 4.90 Å². The molecule has 1 aromatic carbocycles. The van der Waals surface area contributed by atoms with E-state index in [0.29, 0.717) is 13.1 Å². The smallest absolute Gasteiger partial charge is 0.257 e. The second-order valence-corrected chi connectivity index (χ2v) is 4.87. The van der Waals surface area contributed by atoms with Crippen molar-refractivity contribution < 1.29 is 9.18 Å². The van der Waals surface area contributed by atoms with Crippen LogP contribution in [0.5, 0.6) is 0 Å². The normalized spacial score (nSPS) is 18.9. The molecule has 1 amide bonds. The third kappa shape index (κ3) is 3.45. The molecule has 0 radical (unpaired) electrons. The van der Waals surface area contributed by atoms with Crippen LogP contribution in [0.4, 0.5) is 4.39 Å². The summed E-state index contributed by atoms with van der Waals surface area (Å²) in [5, 5.41) is 0. The number of hydrogen-bond acceptors (Lipinski definition) is 2. The minimum Gasteiger partial charge on any atom is -0.334 e. The molecule has 106 valence electrons. The predicted octanol–water partition coefficient (Wildman–Crippen LogP) is 2.51. The van der Waals surface area contributed by atoms with Crippen molar-refractivity contribution in [2.75, 3.05) is 13.1 Å². The number of carbonyl (C=O) groups excluding carboxylic acids is 1. The van der Waals surface area contributed by atoms with Gasteiger partial charge in [-0.05, 0) is 43.9 Å². The second kappa shape index (κ2) is 6.87. The van der Waals surface area contributed by atoms with Crippen molar-refractivity contribution in [2.24, 2.45) is 5.73 Å². The average Bonchev–Trinajstić information content (AvgIpc) is 2.38. The van der Waals surface area contributed by atoms with Gasteiger partial charge in [-0.25, -0.2) is 4.39 Å². The molecule has 1 fully saturated rings. The summed E-state index contributed by atoms with van der Waals surface area (Å²) in [4.78, 5) is 14.1. The van der Waals surface area contributed by atoms with E-state index in [4.69, 9.17) is 5.73 Å². The van der Waals surface area contributed by atoms with E-state index in [-0.39, 0.29) is 29.9 Å². The van der Waals surface area contributed by atoms with Crippen LogP contribution in [0.2, 0.25) is 0 Å². The fourth-order valence-corrected chi connectivity index (χ4v) is 2.46. The Bertz CT molecular complexity index is 453.